The number of ether oxygens (including phenoxy) is 1. The summed E-state index contributed by atoms with van der Waals surface area (Å²) in [5.74, 6) is 0. The van der Waals surface area contributed by atoms with Gasteiger partial charge in [-0.05, 0) is 21.0 Å². The molecule has 0 aromatic rings. The Hall–Kier alpha value is -0.330. The van der Waals surface area contributed by atoms with E-state index in [1.807, 2.05) is 25.9 Å². The Morgan fingerprint density at radius 3 is 2.36 bits per heavy atom. The van der Waals surface area contributed by atoms with Crippen LogP contribution >= 0.6 is 0 Å². The molecule has 1 atom stereocenters. The number of rotatable bonds is 6. The quantitative estimate of drug-likeness (QED) is 0.669. The van der Waals surface area contributed by atoms with Crippen LogP contribution in [0.2, 0.25) is 0 Å². The third-order valence-corrected chi connectivity index (χ3v) is 1.50. The molecule has 1 N–H and O–H groups in total. The van der Waals surface area contributed by atoms with E-state index in [1.165, 1.54) is 0 Å². The van der Waals surface area contributed by atoms with Crippen LogP contribution in [0.4, 0.5) is 13.2 Å². The number of nitrogens with zero attached hydrogens (tertiary/aromatic N) is 1. The van der Waals surface area contributed by atoms with E-state index in [4.69, 9.17) is 0 Å². The summed E-state index contributed by atoms with van der Waals surface area (Å²) in [7, 11) is 3.81. The van der Waals surface area contributed by atoms with Crippen molar-refractivity contribution in [3.63, 3.8) is 0 Å². The maximum Gasteiger partial charge on any atom is 0.522 e. The van der Waals surface area contributed by atoms with E-state index < -0.39 is 6.36 Å². The Bertz CT molecular complexity index is 150. The average Bonchev–Trinajstić information content (AvgIpc) is 1.95. The van der Waals surface area contributed by atoms with Crippen LogP contribution in [0.1, 0.15) is 6.92 Å². The smallest absolute Gasteiger partial charge is 0.311 e. The van der Waals surface area contributed by atoms with E-state index in [9.17, 15) is 13.2 Å². The molecule has 6 heteroatoms. The van der Waals surface area contributed by atoms with Gasteiger partial charge in [-0.15, -0.1) is 13.2 Å². The van der Waals surface area contributed by atoms with Gasteiger partial charge in [0.2, 0.25) is 0 Å². The van der Waals surface area contributed by atoms with Crippen LogP contribution in [-0.4, -0.2) is 51.1 Å². The van der Waals surface area contributed by atoms with Gasteiger partial charge in [-0.3, -0.25) is 4.74 Å². The maximum atomic E-state index is 11.5. The van der Waals surface area contributed by atoms with Crippen molar-refractivity contribution in [3.8, 4) is 0 Å². The Morgan fingerprint density at radius 1 is 1.36 bits per heavy atom. The second-order valence-corrected chi connectivity index (χ2v) is 3.41. The van der Waals surface area contributed by atoms with Crippen molar-refractivity contribution < 1.29 is 17.9 Å². The molecule has 0 saturated heterocycles. The Kier molecular flexibility index (Phi) is 6.06. The Labute approximate surface area is 82.2 Å². The third kappa shape index (κ3) is 9.76. The van der Waals surface area contributed by atoms with Crippen molar-refractivity contribution in [2.75, 3.05) is 33.8 Å². The minimum Gasteiger partial charge on any atom is -0.311 e. The van der Waals surface area contributed by atoms with E-state index in [0.717, 1.165) is 6.54 Å². The second kappa shape index (κ2) is 6.21. The minimum atomic E-state index is -4.52. The standard InChI is InChI=1S/C8H17F3N2O/c1-7(6-13(2)3)12-4-5-14-8(9,10)11/h7,12H,4-6H2,1-3H3. The molecule has 0 rings (SSSR count). The summed E-state index contributed by atoms with van der Waals surface area (Å²) in [6.07, 6.45) is -4.52. The number of hydrogen-bond donors (Lipinski definition) is 1. The van der Waals surface area contributed by atoms with Gasteiger partial charge in [0.05, 0.1) is 6.61 Å². The second-order valence-electron chi connectivity index (χ2n) is 3.41. The predicted octanol–water partition coefficient (Wildman–Crippen LogP) is 1.06. The van der Waals surface area contributed by atoms with Crippen molar-refractivity contribution in [3.05, 3.63) is 0 Å². The lowest BCUT2D eigenvalue weighted by Gasteiger charge is -2.18. The van der Waals surface area contributed by atoms with E-state index >= 15 is 0 Å². The van der Waals surface area contributed by atoms with Crippen LogP contribution in [0.5, 0.6) is 0 Å². The number of halogens is 3. The first kappa shape index (κ1) is 13.7. The van der Waals surface area contributed by atoms with Gasteiger partial charge in [-0.2, -0.15) is 0 Å². The molecule has 0 spiro atoms. The lowest BCUT2D eigenvalue weighted by molar-refractivity contribution is -0.323. The Balaban J connectivity index is 3.36. The predicted molar refractivity (Wildman–Crippen MR) is 48.0 cm³/mol. The molecule has 0 saturated carbocycles. The largest absolute Gasteiger partial charge is 0.522 e. The van der Waals surface area contributed by atoms with Crippen molar-refractivity contribution in [2.45, 2.75) is 19.3 Å². The number of likely N-dealkylation sites (N-methyl/N-ethyl adjacent to an activating group) is 1. The van der Waals surface area contributed by atoms with Gasteiger partial charge in [-0.25, -0.2) is 0 Å². The monoisotopic (exact) mass is 214 g/mol. The molecule has 0 heterocycles. The van der Waals surface area contributed by atoms with Crippen molar-refractivity contribution in [1.29, 1.82) is 0 Å². The van der Waals surface area contributed by atoms with Gasteiger partial charge in [0.25, 0.3) is 0 Å². The fourth-order valence-electron chi connectivity index (χ4n) is 1.08. The summed E-state index contributed by atoms with van der Waals surface area (Å²) in [5, 5.41) is 2.92. The number of nitrogens with one attached hydrogen (secondary N) is 1. The summed E-state index contributed by atoms with van der Waals surface area (Å²) in [6, 6.07) is 0.154. The highest BCUT2D eigenvalue weighted by Crippen LogP contribution is 2.15. The SMILES string of the molecule is CC(CN(C)C)NCCOC(F)(F)F. The van der Waals surface area contributed by atoms with Gasteiger partial charge in [-0.1, -0.05) is 0 Å². The van der Waals surface area contributed by atoms with Crippen molar-refractivity contribution in [2.24, 2.45) is 0 Å². The molecule has 0 bridgehead atoms. The topological polar surface area (TPSA) is 24.5 Å². The molecule has 0 fully saturated rings. The first-order valence-corrected chi connectivity index (χ1v) is 4.40. The zero-order chi connectivity index (χ0) is 11.2. The average molecular weight is 214 g/mol. The van der Waals surface area contributed by atoms with Crippen molar-refractivity contribution >= 4 is 0 Å². The van der Waals surface area contributed by atoms with E-state index in [2.05, 4.69) is 10.1 Å². The summed E-state index contributed by atoms with van der Waals surface area (Å²) < 4.78 is 38.2. The Morgan fingerprint density at radius 2 is 1.93 bits per heavy atom. The zero-order valence-corrected chi connectivity index (χ0v) is 8.69. The molecule has 0 aliphatic rings. The number of hydrogen-bond acceptors (Lipinski definition) is 3. The van der Waals surface area contributed by atoms with Gasteiger partial charge in [0.1, 0.15) is 0 Å². The van der Waals surface area contributed by atoms with Gasteiger partial charge >= 0.3 is 6.36 Å². The molecule has 0 aromatic carbocycles. The van der Waals surface area contributed by atoms with Gasteiger partial charge < -0.3 is 10.2 Å². The first-order chi connectivity index (χ1) is 6.31. The third-order valence-electron chi connectivity index (χ3n) is 1.50. The lowest BCUT2D eigenvalue weighted by Crippen LogP contribution is -2.38. The highest BCUT2D eigenvalue weighted by atomic mass is 19.4. The van der Waals surface area contributed by atoms with E-state index in [0.29, 0.717) is 0 Å². The summed E-state index contributed by atoms with van der Waals surface area (Å²) >= 11 is 0. The molecule has 0 aliphatic carbocycles. The highest BCUT2D eigenvalue weighted by Gasteiger charge is 2.28. The van der Waals surface area contributed by atoms with Crippen LogP contribution in [0.3, 0.4) is 0 Å². The molecule has 0 amide bonds. The zero-order valence-electron chi connectivity index (χ0n) is 8.69. The molecule has 14 heavy (non-hydrogen) atoms. The fraction of sp³-hybridized carbons (Fsp3) is 1.00. The van der Waals surface area contributed by atoms with E-state index in [-0.39, 0.29) is 19.2 Å². The fourth-order valence-corrected chi connectivity index (χ4v) is 1.08. The van der Waals surface area contributed by atoms with Crippen molar-refractivity contribution in [1.82, 2.24) is 10.2 Å². The van der Waals surface area contributed by atoms with Crippen LogP contribution < -0.4 is 5.32 Å². The number of alkyl halides is 3. The molecule has 0 radical (unpaired) electrons. The summed E-state index contributed by atoms with van der Waals surface area (Å²) in [6.45, 7) is 2.55. The van der Waals surface area contributed by atoms with Crippen LogP contribution in [0.25, 0.3) is 0 Å². The molecule has 1 unspecified atom stereocenters. The molecule has 86 valence electrons. The van der Waals surface area contributed by atoms with Crippen LogP contribution in [-0.2, 0) is 4.74 Å². The first-order valence-electron chi connectivity index (χ1n) is 4.40. The maximum absolute atomic E-state index is 11.5. The molecule has 0 aromatic heterocycles. The summed E-state index contributed by atoms with van der Waals surface area (Å²) in [4.78, 5) is 1.96. The molecular weight excluding hydrogens is 197 g/mol. The van der Waals surface area contributed by atoms with Crippen LogP contribution in [0, 0.1) is 0 Å². The highest BCUT2D eigenvalue weighted by molar-refractivity contribution is 4.62. The lowest BCUT2D eigenvalue weighted by atomic mass is 10.3. The van der Waals surface area contributed by atoms with Gasteiger partial charge in [0, 0.05) is 19.1 Å². The summed E-state index contributed by atoms with van der Waals surface area (Å²) in [5.41, 5.74) is 0. The molecule has 3 nitrogen and oxygen atoms in total. The van der Waals surface area contributed by atoms with Crippen LogP contribution in [0.15, 0.2) is 0 Å². The van der Waals surface area contributed by atoms with E-state index in [1.54, 1.807) is 0 Å². The minimum absolute atomic E-state index is 0.154. The normalized spacial score (nSPS) is 14.8. The molecule has 0 aliphatic heterocycles. The molecular formula is C8H17F3N2O. The van der Waals surface area contributed by atoms with Gasteiger partial charge in [0.15, 0.2) is 0 Å².